The van der Waals surface area contributed by atoms with Gasteiger partial charge in [0.15, 0.2) is 6.79 Å². The van der Waals surface area contributed by atoms with E-state index >= 15 is 0 Å². The molecule has 0 atom stereocenters. The van der Waals surface area contributed by atoms with E-state index in [0.29, 0.717) is 12.1 Å². The van der Waals surface area contributed by atoms with Crippen molar-refractivity contribution in [2.24, 2.45) is 0 Å². The minimum absolute atomic E-state index is 0.258. The van der Waals surface area contributed by atoms with E-state index in [-0.39, 0.29) is 6.79 Å². The molecule has 1 aliphatic rings. The Morgan fingerprint density at radius 2 is 2.14 bits per heavy atom. The molecule has 74 valence electrons. The fourth-order valence-electron chi connectivity index (χ4n) is 1.44. The molecule has 0 amide bonds. The zero-order valence-electron chi connectivity index (χ0n) is 7.64. The van der Waals surface area contributed by atoms with Gasteiger partial charge in [-0.3, -0.25) is 0 Å². The SMILES string of the molecule is OB(O)c1ccc2c(c1)CCOCO2. The minimum atomic E-state index is -1.43. The van der Waals surface area contributed by atoms with Crippen LogP contribution in [0.25, 0.3) is 0 Å². The van der Waals surface area contributed by atoms with Crippen molar-refractivity contribution >= 4 is 12.6 Å². The third kappa shape index (κ3) is 1.90. The molecule has 0 saturated heterocycles. The van der Waals surface area contributed by atoms with Crippen LogP contribution < -0.4 is 10.2 Å². The molecule has 1 aromatic carbocycles. The van der Waals surface area contributed by atoms with Gasteiger partial charge < -0.3 is 19.5 Å². The van der Waals surface area contributed by atoms with E-state index in [1.54, 1.807) is 18.2 Å². The Kier molecular flexibility index (Phi) is 2.72. The van der Waals surface area contributed by atoms with Crippen LogP contribution in [0.5, 0.6) is 5.75 Å². The fraction of sp³-hybridized carbons (Fsp3) is 0.333. The number of ether oxygens (including phenoxy) is 2. The van der Waals surface area contributed by atoms with E-state index < -0.39 is 7.12 Å². The zero-order valence-corrected chi connectivity index (χ0v) is 7.64. The second-order valence-electron chi connectivity index (χ2n) is 3.16. The van der Waals surface area contributed by atoms with Crippen molar-refractivity contribution in [3.8, 4) is 5.75 Å². The lowest BCUT2D eigenvalue weighted by atomic mass is 9.79. The van der Waals surface area contributed by atoms with Gasteiger partial charge in [0, 0.05) is 0 Å². The summed E-state index contributed by atoms with van der Waals surface area (Å²) in [6, 6.07) is 5.10. The number of hydrogen-bond acceptors (Lipinski definition) is 4. The molecule has 0 aromatic heterocycles. The average molecular weight is 194 g/mol. The van der Waals surface area contributed by atoms with Crippen LogP contribution in [0.2, 0.25) is 0 Å². The van der Waals surface area contributed by atoms with Crippen LogP contribution in [0.3, 0.4) is 0 Å². The highest BCUT2D eigenvalue weighted by molar-refractivity contribution is 6.58. The lowest BCUT2D eigenvalue weighted by Crippen LogP contribution is -2.30. The van der Waals surface area contributed by atoms with Gasteiger partial charge in [0.05, 0.1) is 6.61 Å². The molecule has 0 bridgehead atoms. The summed E-state index contributed by atoms with van der Waals surface area (Å²) in [6.45, 7) is 0.853. The Bertz CT molecular complexity index is 327. The number of hydrogen-bond donors (Lipinski definition) is 2. The van der Waals surface area contributed by atoms with Crippen molar-refractivity contribution in [2.75, 3.05) is 13.4 Å². The molecule has 1 heterocycles. The van der Waals surface area contributed by atoms with Crippen LogP contribution in [0.4, 0.5) is 0 Å². The smallest absolute Gasteiger partial charge is 0.467 e. The lowest BCUT2D eigenvalue weighted by Gasteiger charge is -2.07. The molecule has 2 rings (SSSR count). The normalized spacial score (nSPS) is 15.3. The standard InChI is InChI=1S/C9H11BO4/c11-10(12)8-1-2-9-7(5-8)3-4-13-6-14-9/h1-2,5,11-12H,3-4,6H2. The third-order valence-corrected chi connectivity index (χ3v) is 2.20. The first kappa shape index (κ1) is 9.52. The van der Waals surface area contributed by atoms with E-state index in [2.05, 4.69) is 0 Å². The van der Waals surface area contributed by atoms with Crippen LogP contribution >= 0.6 is 0 Å². The van der Waals surface area contributed by atoms with E-state index in [9.17, 15) is 0 Å². The van der Waals surface area contributed by atoms with Crippen molar-refractivity contribution < 1.29 is 19.5 Å². The maximum Gasteiger partial charge on any atom is 0.488 e. The summed E-state index contributed by atoms with van der Waals surface area (Å²) in [4.78, 5) is 0. The first-order chi connectivity index (χ1) is 6.77. The summed E-state index contributed by atoms with van der Waals surface area (Å²) in [5.74, 6) is 0.756. The first-order valence-electron chi connectivity index (χ1n) is 4.47. The summed E-state index contributed by atoms with van der Waals surface area (Å²) < 4.78 is 10.4. The quantitative estimate of drug-likeness (QED) is 0.579. The van der Waals surface area contributed by atoms with Crippen molar-refractivity contribution in [1.29, 1.82) is 0 Å². The predicted molar refractivity (Wildman–Crippen MR) is 51.4 cm³/mol. The van der Waals surface area contributed by atoms with Crippen molar-refractivity contribution in [1.82, 2.24) is 0 Å². The molecule has 0 aliphatic carbocycles. The Labute approximate surface area is 82.2 Å². The van der Waals surface area contributed by atoms with E-state index in [0.717, 1.165) is 17.7 Å². The van der Waals surface area contributed by atoms with E-state index in [4.69, 9.17) is 19.5 Å². The summed E-state index contributed by atoms with van der Waals surface area (Å²) in [7, 11) is -1.43. The van der Waals surface area contributed by atoms with E-state index in [1.165, 1.54) is 0 Å². The molecular weight excluding hydrogens is 183 g/mol. The van der Waals surface area contributed by atoms with Crippen molar-refractivity contribution in [3.63, 3.8) is 0 Å². The molecule has 2 N–H and O–H groups in total. The Morgan fingerprint density at radius 3 is 2.93 bits per heavy atom. The second kappa shape index (κ2) is 4.00. The molecular formula is C9H11BO4. The van der Waals surface area contributed by atoms with Gasteiger partial charge in [-0.1, -0.05) is 12.1 Å². The van der Waals surface area contributed by atoms with Gasteiger partial charge in [0.1, 0.15) is 5.75 Å². The summed E-state index contributed by atoms with van der Waals surface area (Å²) in [5.41, 5.74) is 1.43. The minimum Gasteiger partial charge on any atom is -0.467 e. The molecule has 4 nitrogen and oxygen atoms in total. The molecule has 14 heavy (non-hydrogen) atoms. The number of rotatable bonds is 1. The maximum absolute atomic E-state index is 8.98. The van der Waals surface area contributed by atoms with Crippen molar-refractivity contribution in [3.05, 3.63) is 23.8 Å². The van der Waals surface area contributed by atoms with Crippen LogP contribution in [0.1, 0.15) is 5.56 Å². The van der Waals surface area contributed by atoms with Crippen LogP contribution in [-0.4, -0.2) is 30.6 Å². The molecule has 1 aromatic rings. The fourth-order valence-corrected chi connectivity index (χ4v) is 1.44. The van der Waals surface area contributed by atoms with Gasteiger partial charge in [-0.15, -0.1) is 0 Å². The average Bonchev–Trinajstić information content (AvgIpc) is 2.41. The Hall–Kier alpha value is -1.04. The van der Waals surface area contributed by atoms with Crippen LogP contribution in [0.15, 0.2) is 18.2 Å². The van der Waals surface area contributed by atoms with Gasteiger partial charge in [0.2, 0.25) is 0 Å². The molecule has 1 aliphatic heterocycles. The highest BCUT2D eigenvalue weighted by Crippen LogP contribution is 2.19. The molecule has 0 radical (unpaired) electrons. The van der Waals surface area contributed by atoms with Gasteiger partial charge >= 0.3 is 7.12 Å². The lowest BCUT2D eigenvalue weighted by molar-refractivity contribution is 0.0263. The topological polar surface area (TPSA) is 58.9 Å². The maximum atomic E-state index is 8.98. The number of fused-ring (bicyclic) bond motifs is 1. The van der Waals surface area contributed by atoms with Crippen LogP contribution in [0, 0.1) is 0 Å². The van der Waals surface area contributed by atoms with Gasteiger partial charge in [-0.2, -0.15) is 0 Å². The highest BCUT2D eigenvalue weighted by atomic mass is 16.7. The highest BCUT2D eigenvalue weighted by Gasteiger charge is 2.15. The molecule has 0 spiro atoms. The van der Waals surface area contributed by atoms with E-state index in [1.807, 2.05) is 0 Å². The molecule has 0 fully saturated rings. The van der Waals surface area contributed by atoms with Crippen LogP contribution in [-0.2, 0) is 11.2 Å². The van der Waals surface area contributed by atoms with Gasteiger partial charge in [-0.05, 0) is 23.5 Å². The third-order valence-electron chi connectivity index (χ3n) is 2.20. The Balaban J connectivity index is 2.32. The molecule has 0 unspecified atom stereocenters. The molecule has 5 heteroatoms. The molecule has 0 saturated carbocycles. The summed E-state index contributed by atoms with van der Waals surface area (Å²) >= 11 is 0. The van der Waals surface area contributed by atoms with Crippen molar-refractivity contribution in [2.45, 2.75) is 6.42 Å². The number of benzene rings is 1. The summed E-state index contributed by atoms with van der Waals surface area (Å²) in [5, 5.41) is 18.0. The Morgan fingerprint density at radius 1 is 1.29 bits per heavy atom. The second-order valence-corrected chi connectivity index (χ2v) is 3.16. The predicted octanol–water partition coefficient (Wildman–Crippen LogP) is -0.725. The first-order valence-corrected chi connectivity index (χ1v) is 4.47. The monoisotopic (exact) mass is 194 g/mol. The van der Waals surface area contributed by atoms with Gasteiger partial charge in [0.25, 0.3) is 0 Å². The van der Waals surface area contributed by atoms with Gasteiger partial charge in [-0.25, -0.2) is 0 Å². The zero-order chi connectivity index (χ0) is 9.97. The largest absolute Gasteiger partial charge is 0.488 e. The summed E-state index contributed by atoms with van der Waals surface area (Å²) in [6.07, 6.45) is 0.732.